The third-order valence-corrected chi connectivity index (χ3v) is 3.61. The number of ether oxygens (including phenoxy) is 2. The molecule has 0 fully saturated rings. The number of methoxy groups -OCH3 is 1. The maximum absolute atomic E-state index is 12.3. The fraction of sp³-hybridized carbons (Fsp3) is 0.412. The molecule has 0 bridgehead atoms. The Hall–Kier alpha value is -2.14. The van der Waals surface area contributed by atoms with Gasteiger partial charge in [-0.15, -0.1) is 0 Å². The fourth-order valence-corrected chi connectivity index (χ4v) is 2.25. The number of carbonyl (C=O) groups excluding carboxylic acids is 1. The number of imidazole rings is 1. The van der Waals surface area contributed by atoms with Crippen LogP contribution in [-0.2, 0) is 9.47 Å². The van der Waals surface area contributed by atoms with E-state index < -0.39 is 0 Å². The van der Waals surface area contributed by atoms with E-state index in [1.54, 1.807) is 19.6 Å². The average Bonchev–Trinajstić information content (AvgIpc) is 3.02. The summed E-state index contributed by atoms with van der Waals surface area (Å²) in [6, 6.07) is 10.0. The van der Waals surface area contributed by atoms with Crippen molar-refractivity contribution >= 4 is 5.97 Å². The molecule has 1 heterocycles. The first kappa shape index (κ1) is 16.2. The third-order valence-electron chi connectivity index (χ3n) is 3.61. The molecule has 0 radical (unpaired) electrons. The van der Waals surface area contributed by atoms with Crippen molar-refractivity contribution < 1.29 is 14.3 Å². The van der Waals surface area contributed by atoms with E-state index in [1.807, 2.05) is 48.7 Å². The first-order valence-electron chi connectivity index (χ1n) is 7.40. The predicted octanol–water partition coefficient (Wildman–Crippen LogP) is 3.07. The highest BCUT2D eigenvalue weighted by Crippen LogP contribution is 2.20. The summed E-state index contributed by atoms with van der Waals surface area (Å²) in [6.07, 6.45) is 3.69. The van der Waals surface area contributed by atoms with Crippen LogP contribution in [0.3, 0.4) is 0 Å². The zero-order chi connectivity index (χ0) is 15.9. The molecule has 1 aromatic carbocycles. The summed E-state index contributed by atoms with van der Waals surface area (Å²) in [5, 5.41) is 0. The van der Waals surface area contributed by atoms with Gasteiger partial charge in [-0.3, -0.25) is 0 Å². The highest BCUT2D eigenvalue weighted by atomic mass is 16.5. The molecule has 2 atom stereocenters. The number of hydrogen-bond donors (Lipinski definition) is 0. The van der Waals surface area contributed by atoms with E-state index in [2.05, 4.69) is 4.98 Å². The standard InChI is InChI=1S/C17H22N2O3/c1-13(9-10-21-3)22-17(20)16-11-18-12-19(16)14(2)15-7-5-4-6-8-15/h4-8,11-14H,9-10H2,1-3H3. The Kier molecular flexibility index (Phi) is 5.72. The van der Waals surface area contributed by atoms with E-state index in [9.17, 15) is 4.79 Å². The van der Waals surface area contributed by atoms with Gasteiger partial charge >= 0.3 is 5.97 Å². The second-order valence-electron chi connectivity index (χ2n) is 5.27. The van der Waals surface area contributed by atoms with Crippen molar-refractivity contribution in [3.8, 4) is 0 Å². The van der Waals surface area contributed by atoms with Crippen molar-refractivity contribution in [2.24, 2.45) is 0 Å². The molecule has 2 aromatic rings. The smallest absolute Gasteiger partial charge is 0.356 e. The van der Waals surface area contributed by atoms with Gasteiger partial charge in [-0.2, -0.15) is 0 Å². The summed E-state index contributed by atoms with van der Waals surface area (Å²) in [5.41, 5.74) is 1.57. The summed E-state index contributed by atoms with van der Waals surface area (Å²) >= 11 is 0. The lowest BCUT2D eigenvalue weighted by molar-refractivity contribution is 0.0254. The number of rotatable bonds is 7. The number of benzene rings is 1. The highest BCUT2D eigenvalue weighted by molar-refractivity contribution is 5.87. The highest BCUT2D eigenvalue weighted by Gasteiger charge is 2.20. The maximum atomic E-state index is 12.3. The lowest BCUT2D eigenvalue weighted by atomic mass is 10.1. The van der Waals surface area contributed by atoms with Crippen LogP contribution in [0.4, 0.5) is 0 Å². The number of aromatic nitrogens is 2. The van der Waals surface area contributed by atoms with Gasteiger partial charge in [-0.1, -0.05) is 30.3 Å². The Morgan fingerprint density at radius 2 is 2.00 bits per heavy atom. The first-order chi connectivity index (χ1) is 10.6. The van der Waals surface area contributed by atoms with Gasteiger partial charge in [0.2, 0.25) is 0 Å². The van der Waals surface area contributed by atoms with E-state index in [4.69, 9.17) is 9.47 Å². The molecule has 0 aliphatic carbocycles. The third kappa shape index (κ3) is 3.95. The second kappa shape index (κ2) is 7.75. The van der Waals surface area contributed by atoms with Gasteiger partial charge in [-0.05, 0) is 19.4 Å². The normalized spacial score (nSPS) is 13.6. The monoisotopic (exact) mass is 302 g/mol. The molecule has 0 aliphatic heterocycles. The van der Waals surface area contributed by atoms with Crippen molar-refractivity contribution in [1.29, 1.82) is 0 Å². The zero-order valence-electron chi connectivity index (χ0n) is 13.2. The molecule has 1 aromatic heterocycles. The SMILES string of the molecule is COCCC(C)OC(=O)c1cncn1C(C)c1ccccc1. The minimum absolute atomic E-state index is 0.0144. The van der Waals surface area contributed by atoms with Gasteiger partial charge in [0.25, 0.3) is 0 Å². The molecule has 5 nitrogen and oxygen atoms in total. The minimum atomic E-state index is -0.358. The molecule has 0 amide bonds. The van der Waals surface area contributed by atoms with E-state index in [1.165, 1.54) is 0 Å². The quantitative estimate of drug-likeness (QED) is 0.738. The van der Waals surface area contributed by atoms with Gasteiger partial charge in [0.1, 0.15) is 11.8 Å². The van der Waals surface area contributed by atoms with Crippen LogP contribution in [0.25, 0.3) is 0 Å². The Morgan fingerprint density at radius 1 is 1.27 bits per heavy atom. The van der Waals surface area contributed by atoms with E-state index >= 15 is 0 Å². The molecule has 118 valence electrons. The van der Waals surface area contributed by atoms with Gasteiger partial charge in [0.05, 0.1) is 18.6 Å². The minimum Gasteiger partial charge on any atom is -0.458 e. The topological polar surface area (TPSA) is 53.4 Å². The van der Waals surface area contributed by atoms with Crippen LogP contribution in [0.1, 0.15) is 42.4 Å². The number of nitrogens with zero attached hydrogens (tertiary/aromatic N) is 2. The van der Waals surface area contributed by atoms with E-state index in [0.29, 0.717) is 18.7 Å². The molecular weight excluding hydrogens is 280 g/mol. The van der Waals surface area contributed by atoms with Crippen LogP contribution in [0, 0.1) is 0 Å². The molecule has 22 heavy (non-hydrogen) atoms. The van der Waals surface area contributed by atoms with Crippen LogP contribution in [-0.4, -0.2) is 35.3 Å². The Morgan fingerprint density at radius 3 is 2.68 bits per heavy atom. The van der Waals surface area contributed by atoms with Crippen LogP contribution in [0.15, 0.2) is 42.9 Å². The van der Waals surface area contributed by atoms with Crippen LogP contribution >= 0.6 is 0 Å². The summed E-state index contributed by atoms with van der Waals surface area (Å²) < 4.78 is 12.3. The van der Waals surface area contributed by atoms with Crippen molar-refractivity contribution in [3.05, 3.63) is 54.1 Å². The average molecular weight is 302 g/mol. The maximum Gasteiger partial charge on any atom is 0.356 e. The van der Waals surface area contributed by atoms with Crippen molar-refractivity contribution in [3.63, 3.8) is 0 Å². The first-order valence-corrected chi connectivity index (χ1v) is 7.40. The number of esters is 1. The van der Waals surface area contributed by atoms with E-state index in [-0.39, 0.29) is 18.1 Å². The van der Waals surface area contributed by atoms with Crippen molar-refractivity contribution in [2.75, 3.05) is 13.7 Å². The summed E-state index contributed by atoms with van der Waals surface area (Å²) in [6.45, 7) is 4.45. The van der Waals surface area contributed by atoms with Gasteiger partial charge in [0.15, 0.2) is 0 Å². The molecule has 5 heteroatoms. The second-order valence-corrected chi connectivity index (χ2v) is 5.27. The van der Waals surface area contributed by atoms with Crippen molar-refractivity contribution in [1.82, 2.24) is 9.55 Å². The molecule has 0 spiro atoms. The summed E-state index contributed by atoms with van der Waals surface area (Å²) in [7, 11) is 1.63. The molecular formula is C17H22N2O3. The molecule has 0 N–H and O–H groups in total. The van der Waals surface area contributed by atoms with Crippen LogP contribution in [0.2, 0.25) is 0 Å². The predicted molar refractivity (Wildman–Crippen MR) is 83.9 cm³/mol. The summed E-state index contributed by atoms with van der Waals surface area (Å²) in [5.74, 6) is -0.358. The number of carbonyl (C=O) groups is 1. The van der Waals surface area contributed by atoms with Crippen LogP contribution < -0.4 is 0 Å². The summed E-state index contributed by atoms with van der Waals surface area (Å²) in [4.78, 5) is 16.4. The molecule has 0 aliphatic rings. The Labute approximate surface area is 130 Å². The van der Waals surface area contributed by atoms with Crippen LogP contribution in [0.5, 0.6) is 0 Å². The van der Waals surface area contributed by atoms with Crippen molar-refractivity contribution in [2.45, 2.75) is 32.4 Å². The largest absolute Gasteiger partial charge is 0.458 e. The van der Waals surface area contributed by atoms with Gasteiger partial charge in [0, 0.05) is 20.1 Å². The lowest BCUT2D eigenvalue weighted by Gasteiger charge is -2.18. The zero-order valence-corrected chi connectivity index (χ0v) is 13.2. The Balaban J connectivity index is 2.10. The lowest BCUT2D eigenvalue weighted by Crippen LogP contribution is -2.20. The van der Waals surface area contributed by atoms with E-state index in [0.717, 1.165) is 5.56 Å². The molecule has 0 saturated carbocycles. The molecule has 0 saturated heterocycles. The Bertz CT molecular complexity index is 595. The molecule has 2 unspecified atom stereocenters. The fourth-order valence-electron chi connectivity index (χ4n) is 2.25. The molecule has 2 rings (SSSR count). The number of hydrogen-bond acceptors (Lipinski definition) is 4. The van der Waals surface area contributed by atoms with Gasteiger partial charge < -0.3 is 14.0 Å². The van der Waals surface area contributed by atoms with Gasteiger partial charge in [-0.25, -0.2) is 9.78 Å².